The molecule has 0 amide bonds. The van der Waals surface area contributed by atoms with Crippen LogP contribution >= 0.6 is 0 Å². The summed E-state index contributed by atoms with van der Waals surface area (Å²) in [6.45, 7) is 4.50. The average Bonchev–Trinajstić information content (AvgIpc) is 2.26. The van der Waals surface area contributed by atoms with Gasteiger partial charge in [0.25, 0.3) is 0 Å². The van der Waals surface area contributed by atoms with Crippen LogP contribution in [-0.2, 0) is 20.0 Å². The van der Waals surface area contributed by atoms with Crippen molar-refractivity contribution in [2.45, 2.75) is 0 Å². The quantitative estimate of drug-likeness (QED) is 0.279. The summed E-state index contributed by atoms with van der Waals surface area (Å²) in [5.74, 6) is -0.0743. The summed E-state index contributed by atoms with van der Waals surface area (Å²) < 4.78 is 49.4. The van der Waals surface area contributed by atoms with E-state index in [1.54, 1.807) is 0 Å². The highest BCUT2D eigenvalue weighted by Gasteiger charge is 2.19. The Bertz CT molecular complexity index is 459. The van der Waals surface area contributed by atoms with Gasteiger partial charge in [0.2, 0.25) is 20.0 Å². The zero-order chi connectivity index (χ0) is 13.6. The predicted molar refractivity (Wildman–Crippen MR) is 68.5 cm³/mol. The van der Waals surface area contributed by atoms with E-state index in [1.165, 1.54) is 6.08 Å². The van der Waals surface area contributed by atoms with Crippen LogP contribution in [0.15, 0.2) is 12.7 Å². The number of sulfonamides is 2. The van der Waals surface area contributed by atoms with E-state index in [9.17, 15) is 16.8 Å². The molecule has 1 heterocycles. The second kappa shape index (κ2) is 6.59. The van der Waals surface area contributed by atoms with Crippen LogP contribution in [-0.4, -0.2) is 59.8 Å². The summed E-state index contributed by atoms with van der Waals surface area (Å²) in [7, 11) is -6.43. The summed E-state index contributed by atoms with van der Waals surface area (Å²) >= 11 is 0. The molecule has 106 valence electrons. The van der Waals surface area contributed by atoms with Gasteiger partial charge in [-0.1, -0.05) is 6.08 Å². The van der Waals surface area contributed by atoms with Crippen LogP contribution in [0.3, 0.4) is 0 Å². The lowest BCUT2D eigenvalue weighted by atomic mass is 10.6. The molecule has 0 saturated carbocycles. The molecular formula is C8H18N4O4S2. The van der Waals surface area contributed by atoms with Crippen molar-refractivity contribution in [3.05, 3.63) is 12.7 Å². The van der Waals surface area contributed by atoms with E-state index >= 15 is 0 Å². The topological polar surface area (TPSA) is 108 Å². The van der Waals surface area contributed by atoms with Crippen molar-refractivity contribution in [1.82, 2.24) is 19.7 Å². The maximum atomic E-state index is 11.2. The van der Waals surface area contributed by atoms with Gasteiger partial charge in [0.15, 0.2) is 0 Å². The van der Waals surface area contributed by atoms with Crippen molar-refractivity contribution in [3.8, 4) is 0 Å². The van der Waals surface area contributed by atoms with Gasteiger partial charge in [0.05, 0.1) is 31.5 Å². The molecule has 10 heteroatoms. The van der Waals surface area contributed by atoms with E-state index in [4.69, 9.17) is 0 Å². The second-order valence-corrected chi connectivity index (χ2v) is 7.59. The van der Waals surface area contributed by atoms with Crippen molar-refractivity contribution in [3.63, 3.8) is 0 Å². The van der Waals surface area contributed by atoms with Gasteiger partial charge in [-0.05, 0) is 0 Å². The summed E-state index contributed by atoms with van der Waals surface area (Å²) in [5, 5.41) is 2.86. The number of nitrogens with zero attached hydrogens (tertiary/aromatic N) is 1. The summed E-state index contributed by atoms with van der Waals surface area (Å²) in [6.07, 6.45) is 1.31. The van der Waals surface area contributed by atoms with Gasteiger partial charge in [-0.2, -0.15) is 0 Å². The standard InChI is InChI=1S/C8H18N4O4S2/c1-2-4-17(13,14)10-6-9-7-12-3-5-18(15,16)11-8-12/h2,9-11H,1,3-8H2. The molecule has 1 rings (SSSR count). The third kappa shape index (κ3) is 5.89. The molecule has 0 unspecified atom stereocenters. The van der Waals surface area contributed by atoms with Gasteiger partial charge in [-0.15, -0.1) is 6.58 Å². The molecule has 18 heavy (non-hydrogen) atoms. The molecule has 1 fully saturated rings. The van der Waals surface area contributed by atoms with Gasteiger partial charge >= 0.3 is 0 Å². The number of hydrogen-bond donors (Lipinski definition) is 3. The first-order valence-electron chi connectivity index (χ1n) is 5.33. The van der Waals surface area contributed by atoms with Crippen LogP contribution in [0, 0.1) is 0 Å². The number of rotatable bonds is 7. The van der Waals surface area contributed by atoms with Gasteiger partial charge in [0, 0.05) is 6.54 Å². The third-order valence-electron chi connectivity index (χ3n) is 2.27. The van der Waals surface area contributed by atoms with Gasteiger partial charge in [-0.25, -0.2) is 26.3 Å². The molecule has 1 aliphatic rings. The van der Waals surface area contributed by atoms with Crippen molar-refractivity contribution in [1.29, 1.82) is 0 Å². The Hall–Kier alpha value is -0.520. The molecule has 0 aromatic rings. The van der Waals surface area contributed by atoms with E-state index in [-0.39, 0.29) is 24.8 Å². The molecule has 1 aliphatic heterocycles. The molecule has 0 aromatic carbocycles. The van der Waals surface area contributed by atoms with E-state index in [0.29, 0.717) is 13.2 Å². The fraction of sp³-hybridized carbons (Fsp3) is 0.750. The Labute approximate surface area is 108 Å². The van der Waals surface area contributed by atoms with Crippen LogP contribution in [0.5, 0.6) is 0 Å². The minimum atomic E-state index is -3.31. The molecule has 3 N–H and O–H groups in total. The first-order valence-corrected chi connectivity index (χ1v) is 8.64. The molecule has 0 aliphatic carbocycles. The smallest absolute Gasteiger partial charge is 0.216 e. The van der Waals surface area contributed by atoms with Crippen molar-refractivity contribution in [2.75, 3.05) is 38.1 Å². The summed E-state index contributed by atoms with van der Waals surface area (Å²) in [4.78, 5) is 1.82. The normalized spacial score (nSPS) is 20.7. The number of nitrogens with one attached hydrogen (secondary N) is 3. The van der Waals surface area contributed by atoms with Gasteiger partial charge in [0.1, 0.15) is 0 Å². The van der Waals surface area contributed by atoms with E-state index in [0.717, 1.165) is 0 Å². The SMILES string of the molecule is C=CCS(=O)(=O)NCNCN1CCS(=O)(=O)NC1. The van der Waals surface area contributed by atoms with Crippen LogP contribution < -0.4 is 14.8 Å². The van der Waals surface area contributed by atoms with Crippen molar-refractivity contribution in [2.24, 2.45) is 0 Å². The summed E-state index contributed by atoms with van der Waals surface area (Å²) in [5.41, 5.74) is 0. The average molecular weight is 298 g/mol. The monoisotopic (exact) mass is 298 g/mol. The van der Waals surface area contributed by atoms with Crippen LogP contribution in [0.1, 0.15) is 0 Å². The van der Waals surface area contributed by atoms with Crippen molar-refractivity contribution < 1.29 is 16.8 Å². The molecular weight excluding hydrogens is 280 g/mol. The zero-order valence-electron chi connectivity index (χ0n) is 9.92. The molecule has 0 bridgehead atoms. The van der Waals surface area contributed by atoms with E-state index < -0.39 is 20.0 Å². The first-order chi connectivity index (χ1) is 8.35. The Morgan fingerprint density at radius 2 is 2.17 bits per heavy atom. The summed E-state index contributed by atoms with van der Waals surface area (Å²) in [6, 6.07) is 0. The third-order valence-corrected chi connectivity index (χ3v) is 4.82. The van der Waals surface area contributed by atoms with Crippen LogP contribution in [0.25, 0.3) is 0 Å². The van der Waals surface area contributed by atoms with Gasteiger partial charge in [-0.3, -0.25) is 10.2 Å². The largest absolute Gasteiger partial charge is 0.291 e. The Morgan fingerprint density at radius 1 is 1.44 bits per heavy atom. The molecule has 8 nitrogen and oxygen atoms in total. The lowest BCUT2D eigenvalue weighted by Gasteiger charge is -2.27. The molecule has 0 radical (unpaired) electrons. The molecule has 1 saturated heterocycles. The maximum Gasteiger partial charge on any atom is 0.216 e. The Kier molecular flexibility index (Phi) is 5.69. The van der Waals surface area contributed by atoms with E-state index in [2.05, 4.69) is 21.3 Å². The Morgan fingerprint density at radius 3 is 2.72 bits per heavy atom. The van der Waals surface area contributed by atoms with E-state index in [1.807, 2.05) is 4.90 Å². The number of hydrogen-bond acceptors (Lipinski definition) is 6. The highest BCUT2D eigenvalue weighted by atomic mass is 32.2. The van der Waals surface area contributed by atoms with Crippen molar-refractivity contribution >= 4 is 20.0 Å². The molecule has 0 spiro atoms. The first kappa shape index (κ1) is 15.5. The minimum Gasteiger partial charge on any atom is -0.291 e. The molecule has 0 aromatic heterocycles. The van der Waals surface area contributed by atoms with Crippen LogP contribution in [0.4, 0.5) is 0 Å². The lowest BCUT2D eigenvalue weighted by Crippen LogP contribution is -2.51. The minimum absolute atomic E-state index is 0.0525. The molecule has 0 atom stereocenters. The highest BCUT2D eigenvalue weighted by Crippen LogP contribution is 1.96. The Balaban J connectivity index is 2.18. The highest BCUT2D eigenvalue weighted by molar-refractivity contribution is 7.89. The fourth-order valence-corrected chi connectivity index (χ4v) is 3.09. The predicted octanol–water partition coefficient (Wildman–Crippen LogP) is -2.21. The second-order valence-electron chi connectivity index (χ2n) is 3.82. The maximum absolute atomic E-state index is 11.2. The lowest BCUT2D eigenvalue weighted by molar-refractivity contribution is 0.251. The van der Waals surface area contributed by atoms with Gasteiger partial charge < -0.3 is 0 Å². The zero-order valence-corrected chi connectivity index (χ0v) is 11.6. The fourth-order valence-electron chi connectivity index (χ4n) is 1.31. The van der Waals surface area contributed by atoms with Crippen LogP contribution in [0.2, 0.25) is 0 Å².